The minimum absolute atomic E-state index is 0.464. The number of ether oxygens (including phenoxy) is 1. The van der Waals surface area contributed by atoms with Gasteiger partial charge < -0.3 is 4.74 Å². The Morgan fingerprint density at radius 1 is 1.00 bits per heavy atom. The summed E-state index contributed by atoms with van der Waals surface area (Å²) in [6.07, 6.45) is 9.31. The minimum atomic E-state index is 0.464. The van der Waals surface area contributed by atoms with Gasteiger partial charge in [-0.1, -0.05) is 30.4 Å². The van der Waals surface area contributed by atoms with Crippen molar-refractivity contribution in [3.63, 3.8) is 0 Å². The van der Waals surface area contributed by atoms with E-state index in [9.17, 15) is 0 Å². The molecule has 1 aromatic rings. The fraction of sp³-hybridized carbons (Fsp3) is 0.500. The van der Waals surface area contributed by atoms with Crippen molar-refractivity contribution >= 4 is 0 Å². The molecule has 1 heteroatoms. The molecule has 0 heterocycles. The molecule has 3 aliphatic carbocycles. The lowest BCUT2D eigenvalue weighted by molar-refractivity contribution is 0.0955. The summed E-state index contributed by atoms with van der Waals surface area (Å²) in [5.41, 5.74) is 0. The van der Waals surface area contributed by atoms with Gasteiger partial charge in [0.25, 0.3) is 0 Å². The molecule has 88 valence electrons. The van der Waals surface area contributed by atoms with E-state index in [2.05, 4.69) is 36.4 Å². The van der Waals surface area contributed by atoms with Crippen LogP contribution in [0, 0.1) is 23.7 Å². The van der Waals surface area contributed by atoms with Gasteiger partial charge in [-0.05, 0) is 49.1 Å². The largest absolute Gasteiger partial charge is 0.490 e. The Labute approximate surface area is 102 Å². The Kier molecular flexibility index (Phi) is 2.08. The standard InChI is InChI=1S/C16H18O/c1-2-5-12(6-3-1)17-16-10-11-9-15(16)14-8-4-7-13(11)14/h1-6,8,11,13-16H,7,9-10H2/t11-,13-,14-,15+,16+/m0/s1. The number of benzene rings is 1. The summed E-state index contributed by atoms with van der Waals surface area (Å²) in [7, 11) is 0. The van der Waals surface area contributed by atoms with Crippen LogP contribution in [0.1, 0.15) is 19.3 Å². The maximum atomic E-state index is 6.18. The molecule has 0 radical (unpaired) electrons. The first kappa shape index (κ1) is 9.76. The smallest absolute Gasteiger partial charge is 0.119 e. The van der Waals surface area contributed by atoms with Crippen molar-refractivity contribution in [1.82, 2.24) is 0 Å². The molecule has 0 aliphatic heterocycles. The Bertz CT molecular complexity index is 436. The monoisotopic (exact) mass is 226 g/mol. The fourth-order valence-electron chi connectivity index (χ4n) is 4.29. The van der Waals surface area contributed by atoms with Crippen LogP contribution >= 0.6 is 0 Å². The molecule has 0 spiro atoms. The van der Waals surface area contributed by atoms with Crippen LogP contribution in [-0.4, -0.2) is 6.10 Å². The highest BCUT2D eigenvalue weighted by atomic mass is 16.5. The molecular weight excluding hydrogens is 208 g/mol. The average Bonchev–Trinajstić information content (AvgIpc) is 3.01. The van der Waals surface area contributed by atoms with Crippen molar-refractivity contribution in [2.45, 2.75) is 25.4 Å². The Morgan fingerprint density at radius 2 is 1.88 bits per heavy atom. The maximum Gasteiger partial charge on any atom is 0.119 e. The van der Waals surface area contributed by atoms with Crippen molar-refractivity contribution in [3.8, 4) is 5.75 Å². The zero-order valence-electron chi connectivity index (χ0n) is 9.96. The van der Waals surface area contributed by atoms with Crippen LogP contribution in [0.3, 0.4) is 0 Å². The van der Waals surface area contributed by atoms with E-state index in [0.717, 1.165) is 29.4 Å². The van der Waals surface area contributed by atoms with E-state index in [4.69, 9.17) is 4.74 Å². The summed E-state index contributed by atoms with van der Waals surface area (Å²) >= 11 is 0. The summed E-state index contributed by atoms with van der Waals surface area (Å²) in [6, 6.07) is 10.3. The third-order valence-corrected chi connectivity index (χ3v) is 4.98. The highest BCUT2D eigenvalue weighted by Crippen LogP contribution is 2.57. The lowest BCUT2D eigenvalue weighted by Crippen LogP contribution is -2.32. The number of para-hydroxylation sites is 1. The predicted molar refractivity (Wildman–Crippen MR) is 67.8 cm³/mol. The van der Waals surface area contributed by atoms with Crippen molar-refractivity contribution in [2.24, 2.45) is 23.7 Å². The molecule has 0 unspecified atom stereocenters. The van der Waals surface area contributed by atoms with Crippen molar-refractivity contribution < 1.29 is 4.74 Å². The molecule has 0 aromatic heterocycles. The zero-order chi connectivity index (χ0) is 11.2. The molecule has 3 aliphatic rings. The zero-order valence-corrected chi connectivity index (χ0v) is 9.96. The van der Waals surface area contributed by atoms with Gasteiger partial charge in [-0.3, -0.25) is 0 Å². The molecule has 0 amide bonds. The topological polar surface area (TPSA) is 9.23 Å². The second-order valence-electron chi connectivity index (χ2n) is 5.77. The number of rotatable bonds is 2. The van der Waals surface area contributed by atoms with Gasteiger partial charge in [-0.25, -0.2) is 0 Å². The highest BCUT2D eigenvalue weighted by molar-refractivity contribution is 5.23. The van der Waals surface area contributed by atoms with E-state index < -0.39 is 0 Å². The molecule has 5 atom stereocenters. The quantitative estimate of drug-likeness (QED) is 0.699. The van der Waals surface area contributed by atoms with E-state index in [1.807, 2.05) is 6.07 Å². The Hall–Kier alpha value is -1.24. The van der Waals surface area contributed by atoms with Crippen LogP contribution in [0.25, 0.3) is 0 Å². The normalized spacial score (nSPS) is 41.8. The highest BCUT2D eigenvalue weighted by Gasteiger charge is 2.53. The number of hydrogen-bond acceptors (Lipinski definition) is 1. The van der Waals surface area contributed by atoms with Crippen molar-refractivity contribution in [3.05, 3.63) is 42.5 Å². The Balaban J connectivity index is 1.53. The third-order valence-electron chi connectivity index (χ3n) is 4.98. The second kappa shape index (κ2) is 3.63. The lowest BCUT2D eigenvalue weighted by atomic mass is 9.80. The van der Waals surface area contributed by atoms with E-state index in [0.29, 0.717) is 6.10 Å². The van der Waals surface area contributed by atoms with Crippen LogP contribution in [0.2, 0.25) is 0 Å². The van der Waals surface area contributed by atoms with E-state index in [1.165, 1.54) is 19.3 Å². The summed E-state index contributed by atoms with van der Waals surface area (Å²) in [4.78, 5) is 0. The summed E-state index contributed by atoms with van der Waals surface area (Å²) in [5, 5.41) is 0. The fourth-order valence-corrected chi connectivity index (χ4v) is 4.29. The first-order valence-corrected chi connectivity index (χ1v) is 6.80. The number of allylic oxidation sites excluding steroid dienone is 2. The summed E-state index contributed by atoms with van der Waals surface area (Å²) in [6.45, 7) is 0. The molecule has 1 nitrogen and oxygen atoms in total. The van der Waals surface area contributed by atoms with E-state index in [-0.39, 0.29) is 0 Å². The molecule has 0 saturated heterocycles. The van der Waals surface area contributed by atoms with Crippen LogP contribution < -0.4 is 4.74 Å². The predicted octanol–water partition coefficient (Wildman–Crippen LogP) is 3.67. The summed E-state index contributed by atoms with van der Waals surface area (Å²) in [5.74, 6) is 4.53. The van der Waals surface area contributed by atoms with Gasteiger partial charge in [0, 0.05) is 5.92 Å². The molecule has 4 rings (SSSR count). The third kappa shape index (κ3) is 1.45. The minimum Gasteiger partial charge on any atom is -0.490 e. The van der Waals surface area contributed by atoms with E-state index >= 15 is 0 Å². The SMILES string of the molecule is C1=C[C@@H]2[C@H]3C[C@@H](C[C@H]3Oc3ccccc3)[C@@H]2C1. The maximum absolute atomic E-state index is 6.18. The molecule has 0 N–H and O–H groups in total. The van der Waals surface area contributed by atoms with Gasteiger partial charge in [-0.15, -0.1) is 0 Å². The molecule has 2 saturated carbocycles. The average molecular weight is 226 g/mol. The van der Waals surface area contributed by atoms with Crippen LogP contribution in [0.5, 0.6) is 5.75 Å². The van der Waals surface area contributed by atoms with Gasteiger partial charge in [0.1, 0.15) is 11.9 Å². The van der Waals surface area contributed by atoms with E-state index in [1.54, 1.807) is 0 Å². The van der Waals surface area contributed by atoms with Gasteiger partial charge >= 0.3 is 0 Å². The van der Waals surface area contributed by atoms with Crippen molar-refractivity contribution in [1.29, 1.82) is 0 Å². The molecule has 2 bridgehead atoms. The second-order valence-corrected chi connectivity index (χ2v) is 5.77. The lowest BCUT2D eigenvalue weighted by Gasteiger charge is -2.31. The number of fused-ring (bicyclic) bond motifs is 5. The molecule has 1 aromatic carbocycles. The Morgan fingerprint density at radius 3 is 2.76 bits per heavy atom. The molecular formula is C16H18O. The van der Waals surface area contributed by atoms with Crippen LogP contribution in [-0.2, 0) is 0 Å². The van der Waals surface area contributed by atoms with Gasteiger partial charge in [0.15, 0.2) is 0 Å². The molecule has 17 heavy (non-hydrogen) atoms. The number of hydrogen-bond donors (Lipinski definition) is 0. The summed E-state index contributed by atoms with van der Waals surface area (Å²) < 4.78 is 6.18. The first-order chi connectivity index (χ1) is 8.42. The molecule has 2 fully saturated rings. The van der Waals surface area contributed by atoms with Crippen LogP contribution in [0.4, 0.5) is 0 Å². The first-order valence-electron chi connectivity index (χ1n) is 6.80. The van der Waals surface area contributed by atoms with Gasteiger partial charge in [-0.2, -0.15) is 0 Å². The van der Waals surface area contributed by atoms with Crippen LogP contribution in [0.15, 0.2) is 42.5 Å². The van der Waals surface area contributed by atoms with Gasteiger partial charge in [0.2, 0.25) is 0 Å². The van der Waals surface area contributed by atoms with Crippen molar-refractivity contribution in [2.75, 3.05) is 0 Å². The van der Waals surface area contributed by atoms with Gasteiger partial charge in [0.05, 0.1) is 0 Å².